The highest BCUT2D eigenvalue weighted by atomic mass is 35.5. The van der Waals surface area contributed by atoms with Crippen molar-refractivity contribution in [1.29, 1.82) is 0 Å². The lowest BCUT2D eigenvalue weighted by atomic mass is 10.0. The first-order chi connectivity index (χ1) is 12.8. The molecule has 1 atom stereocenters. The Hall–Kier alpha value is -2.66. The molecule has 2 aromatic heterocycles. The average Bonchev–Trinajstić information content (AvgIpc) is 3.11. The fourth-order valence-corrected chi connectivity index (χ4v) is 3.89. The van der Waals surface area contributed by atoms with E-state index in [1.54, 1.807) is 6.33 Å². The molecule has 1 fully saturated rings. The van der Waals surface area contributed by atoms with Gasteiger partial charge in [-0.2, -0.15) is 0 Å². The van der Waals surface area contributed by atoms with Gasteiger partial charge in [0.25, 0.3) is 0 Å². The van der Waals surface area contributed by atoms with Crippen molar-refractivity contribution in [2.75, 3.05) is 11.4 Å². The van der Waals surface area contributed by atoms with Gasteiger partial charge in [0.15, 0.2) is 5.58 Å². The van der Waals surface area contributed by atoms with Gasteiger partial charge in [0, 0.05) is 17.0 Å². The number of hydrogen-bond donors (Lipinski definition) is 0. The van der Waals surface area contributed by atoms with Crippen molar-refractivity contribution in [3.8, 4) is 0 Å². The Kier molecular flexibility index (Phi) is 3.75. The lowest BCUT2D eigenvalue weighted by Gasteiger charge is -2.35. The minimum absolute atomic E-state index is 0.0740. The van der Waals surface area contributed by atoms with Crippen LogP contribution in [0.5, 0.6) is 0 Å². The maximum atomic E-state index is 6.13. The fourth-order valence-electron chi connectivity index (χ4n) is 3.72. The normalized spacial score (nSPS) is 17.9. The number of piperidine rings is 1. The molecular weight excluding hydrogens is 348 g/mol. The number of anilines is 1. The van der Waals surface area contributed by atoms with Crippen LogP contribution >= 0.6 is 11.6 Å². The molecule has 5 nitrogen and oxygen atoms in total. The van der Waals surface area contributed by atoms with Gasteiger partial charge in [-0.15, -0.1) is 0 Å². The second kappa shape index (κ2) is 6.25. The highest BCUT2D eigenvalue weighted by Crippen LogP contribution is 2.37. The molecule has 26 heavy (non-hydrogen) atoms. The standard InChI is InChI=1S/C20H17ClN4O/c21-13-8-9-14-16(11-13)22-12-23-19(14)25-10-4-3-6-17(25)20-24-15-5-1-2-7-18(15)26-20/h1-2,5,7-9,11-12,17H,3-4,6,10H2/t17-/m0/s1. The molecule has 3 heterocycles. The van der Waals surface area contributed by atoms with Crippen molar-refractivity contribution in [1.82, 2.24) is 15.0 Å². The summed E-state index contributed by atoms with van der Waals surface area (Å²) in [6.45, 7) is 0.915. The third-order valence-corrected chi connectivity index (χ3v) is 5.18. The Morgan fingerprint density at radius 3 is 2.88 bits per heavy atom. The van der Waals surface area contributed by atoms with Crippen LogP contribution < -0.4 is 4.90 Å². The zero-order valence-corrected chi connectivity index (χ0v) is 14.9. The quantitative estimate of drug-likeness (QED) is 0.492. The zero-order chi connectivity index (χ0) is 17.5. The van der Waals surface area contributed by atoms with E-state index in [9.17, 15) is 0 Å². The maximum absolute atomic E-state index is 6.13. The van der Waals surface area contributed by atoms with E-state index in [1.807, 2.05) is 42.5 Å². The second-order valence-electron chi connectivity index (χ2n) is 6.58. The third-order valence-electron chi connectivity index (χ3n) is 4.95. The average molecular weight is 365 g/mol. The van der Waals surface area contributed by atoms with Crippen LogP contribution in [0.3, 0.4) is 0 Å². The summed E-state index contributed by atoms with van der Waals surface area (Å²) in [4.78, 5) is 16.0. The van der Waals surface area contributed by atoms with E-state index in [2.05, 4.69) is 14.9 Å². The maximum Gasteiger partial charge on any atom is 0.218 e. The number of rotatable bonds is 2. The van der Waals surface area contributed by atoms with E-state index in [-0.39, 0.29) is 6.04 Å². The van der Waals surface area contributed by atoms with Crippen molar-refractivity contribution in [2.24, 2.45) is 0 Å². The van der Waals surface area contributed by atoms with Crippen molar-refractivity contribution < 1.29 is 4.42 Å². The molecule has 2 aromatic carbocycles. The Labute approximate surface area is 155 Å². The summed E-state index contributed by atoms with van der Waals surface area (Å²) < 4.78 is 6.07. The van der Waals surface area contributed by atoms with Crippen LogP contribution in [-0.4, -0.2) is 21.5 Å². The summed E-state index contributed by atoms with van der Waals surface area (Å²) >= 11 is 6.13. The van der Waals surface area contributed by atoms with Crippen molar-refractivity contribution >= 4 is 39.4 Å². The number of para-hydroxylation sites is 2. The first kappa shape index (κ1) is 15.6. The Morgan fingerprint density at radius 2 is 1.96 bits per heavy atom. The smallest absolute Gasteiger partial charge is 0.218 e. The first-order valence-corrected chi connectivity index (χ1v) is 9.20. The molecule has 0 aliphatic carbocycles. The Bertz CT molecular complexity index is 1060. The molecule has 130 valence electrons. The summed E-state index contributed by atoms with van der Waals surface area (Å²) in [6, 6.07) is 13.7. The van der Waals surface area contributed by atoms with Gasteiger partial charge >= 0.3 is 0 Å². The highest BCUT2D eigenvalue weighted by molar-refractivity contribution is 6.31. The Balaban J connectivity index is 1.62. The van der Waals surface area contributed by atoms with Crippen LogP contribution in [0.1, 0.15) is 31.2 Å². The van der Waals surface area contributed by atoms with E-state index in [0.29, 0.717) is 5.02 Å². The van der Waals surface area contributed by atoms with Crippen molar-refractivity contribution in [2.45, 2.75) is 25.3 Å². The van der Waals surface area contributed by atoms with Gasteiger partial charge in [-0.05, 0) is 49.6 Å². The first-order valence-electron chi connectivity index (χ1n) is 8.82. The van der Waals surface area contributed by atoms with Gasteiger partial charge in [-0.1, -0.05) is 23.7 Å². The van der Waals surface area contributed by atoms with Crippen LogP contribution in [0.4, 0.5) is 5.82 Å². The summed E-state index contributed by atoms with van der Waals surface area (Å²) in [5, 5.41) is 1.68. The van der Waals surface area contributed by atoms with Gasteiger partial charge < -0.3 is 9.32 Å². The summed E-state index contributed by atoms with van der Waals surface area (Å²) in [6.07, 6.45) is 4.86. The molecule has 0 spiro atoms. The predicted molar refractivity (Wildman–Crippen MR) is 102 cm³/mol. The number of benzene rings is 2. The number of oxazole rings is 1. The van der Waals surface area contributed by atoms with Crippen molar-refractivity contribution in [3.05, 3.63) is 59.7 Å². The van der Waals surface area contributed by atoms with Gasteiger partial charge in [0.1, 0.15) is 23.7 Å². The molecule has 1 aliphatic heterocycles. The van der Waals surface area contributed by atoms with Crippen LogP contribution in [-0.2, 0) is 0 Å². The third kappa shape index (κ3) is 2.59. The number of halogens is 1. The Morgan fingerprint density at radius 1 is 1.04 bits per heavy atom. The lowest BCUT2D eigenvalue weighted by molar-refractivity contribution is 0.390. The van der Waals surface area contributed by atoms with Gasteiger partial charge in [-0.3, -0.25) is 0 Å². The summed E-state index contributed by atoms with van der Waals surface area (Å²) in [5.41, 5.74) is 2.57. The van der Waals surface area contributed by atoms with Crippen LogP contribution in [0.25, 0.3) is 22.0 Å². The number of aromatic nitrogens is 3. The molecule has 0 unspecified atom stereocenters. The molecule has 1 saturated heterocycles. The number of fused-ring (bicyclic) bond motifs is 2. The van der Waals surface area contributed by atoms with Crippen molar-refractivity contribution in [3.63, 3.8) is 0 Å². The number of nitrogens with zero attached hydrogens (tertiary/aromatic N) is 4. The fraction of sp³-hybridized carbons (Fsp3) is 0.250. The molecule has 5 rings (SSSR count). The molecular formula is C20H17ClN4O. The summed E-state index contributed by atoms with van der Waals surface area (Å²) in [7, 11) is 0. The number of hydrogen-bond acceptors (Lipinski definition) is 5. The molecule has 0 bridgehead atoms. The molecule has 1 aliphatic rings. The molecule has 4 aromatic rings. The van der Waals surface area contributed by atoms with E-state index in [0.717, 1.165) is 59.5 Å². The largest absolute Gasteiger partial charge is 0.438 e. The molecule has 0 radical (unpaired) electrons. The van der Waals surface area contributed by atoms with Gasteiger partial charge in [0.05, 0.1) is 5.52 Å². The molecule has 0 saturated carbocycles. The second-order valence-corrected chi connectivity index (χ2v) is 7.02. The molecule has 6 heteroatoms. The van der Waals surface area contributed by atoms with E-state index >= 15 is 0 Å². The molecule has 0 N–H and O–H groups in total. The van der Waals surface area contributed by atoms with E-state index in [4.69, 9.17) is 21.0 Å². The minimum atomic E-state index is 0.0740. The van der Waals surface area contributed by atoms with Crippen LogP contribution in [0, 0.1) is 0 Å². The van der Waals surface area contributed by atoms with Crippen LogP contribution in [0.15, 0.2) is 53.2 Å². The lowest BCUT2D eigenvalue weighted by Crippen LogP contribution is -2.34. The monoisotopic (exact) mass is 364 g/mol. The van der Waals surface area contributed by atoms with Crippen LogP contribution in [0.2, 0.25) is 5.02 Å². The SMILES string of the molecule is Clc1ccc2c(N3CCCC[C@H]3c3nc4ccccc4o3)ncnc2c1. The summed E-state index contributed by atoms with van der Waals surface area (Å²) in [5.74, 6) is 1.67. The topological polar surface area (TPSA) is 55.1 Å². The predicted octanol–water partition coefficient (Wildman–Crippen LogP) is 5.16. The molecule has 0 amide bonds. The van der Waals surface area contributed by atoms with Gasteiger partial charge in [-0.25, -0.2) is 15.0 Å². The highest BCUT2D eigenvalue weighted by Gasteiger charge is 2.30. The minimum Gasteiger partial charge on any atom is -0.438 e. The zero-order valence-electron chi connectivity index (χ0n) is 14.1. The van der Waals surface area contributed by atoms with E-state index in [1.165, 1.54) is 0 Å². The van der Waals surface area contributed by atoms with Gasteiger partial charge in [0.2, 0.25) is 5.89 Å². The van der Waals surface area contributed by atoms with E-state index < -0.39 is 0 Å².